The summed E-state index contributed by atoms with van der Waals surface area (Å²) < 4.78 is 6.42. The van der Waals surface area contributed by atoms with Crippen molar-refractivity contribution in [2.24, 2.45) is 0 Å². The Kier molecular flexibility index (Phi) is 2.40. The van der Waals surface area contributed by atoms with Gasteiger partial charge in [0.05, 0.1) is 6.54 Å². The molecule has 1 heterocycles. The van der Waals surface area contributed by atoms with Crippen LogP contribution in [0.15, 0.2) is 35.2 Å². The average molecular weight is 195 g/mol. The number of carbonyl (C=O) groups excluding carboxylic acids is 1. The van der Waals surface area contributed by atoms with Crippen LogP contribution in [0.4, 0.5) is 4.79 Å². The van der Waals surface area contributed by atoms with E-state index in [9.17, 15) is 4.79 Å². The number of carbonyl (C=O) groups is 1. The molecule has 0 unspecified atom stereocenters. The first-order valence-corrected chi connectivity index (χ1v) is 4.81. The molecule has 13 heavy (non-hydrogen) atoms. The van der Waals surface area contributed by atoms with Gasteiger partial charge in [0.25, 0.3) is 0 Å². The molecule has 0 bridgehead atoms. The zero-order chi connectivity index (χ0) is 9.10. The molecule has 1 aromatic rings. The predicted octanol–water partition coefficient (Wildman–Crippen LogP) is 2.15. The topological polar surface area (TPSA) is 29.5 Å². The van der Waals surface area contributed by atoms with Gasteiger partial charge >= 0.3 is 6.09 Å². The number of amides is 1. The van der Waals surface area contributed by atoms with E-state index >= 15 is 0 Å². The third kappa shape index (κ3) is 1.95. The lowest BCUT2D eigenvalue weighted by Crippen LogP contribution is -2.14. The summed E-state index contributed by atoms with van der Waals surface area (Å²) in [6.45, 7) is 1.16. The minimum Gasteiger partial charge on any atom is -0.447 e. The molecular weight excluding hydrogens is 186 g/mol. The second kappa shape index (κ2) is 3.70. The number of hydrogen-bond donors (Lipinski definition) is 0. The van der Waals surface area contributed by atoms with E-state index in [2.05, 4.69) is 0 Å². The second-order valence-electron chi connectivity index (χ2n) is 2.62. The first kappa shape index (κ1) is 8.44. The van der Waals surface area contributed by atoms with E-state index in [0.29, 0.717) is 13.2 Å². The molecule has 2 rings (SSSR count). The molecule has 0 aliphatic carbocycles. The van der Waals surface area contributed by atoms with E-state index in [0.717, 1.165) is 4.90 Å². The van der Waals surface area contributed by atoms with Crippen LogP contribution in [0.25, 0.3) is 0 Å². The van der Waals surface area contributed by atoms with Crippen LogP contribution < -0.4 is 0 Å². The molecule has 1 saturated heterocycles. The van der Waals surface area contributed by atoms with Crippen molar-refractivity contribution in [3.63, 3.8) is 0 Å². The molecule has 1 amide bonds. The van der Waals surface area contributed by atoms with Gasteiger partial charge in [-0.25, -0.2) is 9.10 Å². The molecule has 1 aliphatic heterocycles. The van der Waals surface area contributed by atoms with E-state index in [1.54, 1.807) is 4.31 Å². The highest BCUT2D eigenvalue weighted by Gasteiger charge is 2.22. The van der Waals surface area contributed by atoms with Gasteiger partial charge < -0.3 is 4.74 Å². The third-order valence-electron chi connectivity index (χ3n) is 1.68. The Labute approximate surface area is 80.8 Å². The molecule has 1 aromatic carbocycles. The van der Waals surface area contributed by atoms with Crippen LogP contribution in [-0.2, 0) is 4.74 Å². The van der Waals surface area contributed by atoms with Crippen molar-refractivity contribution in [1.29, 1.82) is 0 Å². The first-order valence-electron chi connectivity index (χ1n) is 4.03. The maximum atomic E-state index is 11.1. The number of cyclic esters (lactones) is 1. The number of rotatable bonds is 2. The van der Waals surface area contributed by atoms with Crippen molar-refractivity contribution in [3.05, 3.63) is 30.3 Å². The van der Waals surface area contributed by atoms with Gasteiger partial charge in [0.15, 0.2) is 0 Å². The monoisotopic (exact) mass is 195 g/mol. The molecule has 0 saturated carbocycles. The van der Waals surface area contributed by atoms with Crippen LogP contribution in [0.1, 0.15) is 0 Å². The summed E-state index contributed by atoms with van der Waals surface area (Å²) in [7, 11) is 0. The summed E-state index contributed by atoms with van der Waals surface area (Å²) >= 11 is 1.42. The Balaban J connectivity index is 2.02. The van der Waals surface area contributed by atoms with E-state index in [4.69, 9.17) is 4.74 Å². The molecule has 1 fully saturated rings. The Morgan fingerprint density at radius 3 is 2.69 bits per heavy atom. The van der Waals surface area contributed by atoms with Crippen LogP contribution >= 0.6 is 11.9 Å². The van der Waals surface area contributed by atoms with Gasteiger partial charge in [0.1, 0.15) is 6.61 Å². The van der Waals surface area contributed by atoms with Gasteiger partial charge in [0, 0.05) is 4.90 Å². The lowest BCUT2D eigenvalue weighted by molar-refractivity contribution is 0.171. The fraction of sp³-hybridized carbons (Fsp3) is 0.222. The number of nitrogens with zero attached hydrogens (tertiary/aromatic N) is 1. The fourth-order valence-electron chi connectivity index (χ4n) is 1.07. The van der Waals surface area contributed by atoms with E-state index < -0.39 is 0 Å². The zero-order valence-electron chi connectivity index (χ0n) is 6.97. The summed E-state index contributed by atoms with van der Waals surface area (Å²) in [6.07, 6.45) is -0.242. The summed E-state index contributed by atoms with van der Waals surface area (Å²) in [5.41, 5.74) is 0. The van der Waals surface area contributed by atoms with Crippen molar-refractivity contribution < 1.29 is 9.53 Å². The van der Waals surface area contributed by atoms with Crippen LogP contribution in [0.2, 0.25) is 0 Å². The highest BCUT2D eigenvalue weighted by molar-refractivity contribution is 7.97. The van der Waals surface area contributed by atoms with Gasteiger partial charge in [0.2, 0.25) is 0 Å². The van der Waals surface area contributed by atoms with Crippen molar-refractivity contribution in [1.82, 2.24) is 4.31 Å². The fourth-order valence-corrected chi connectivity index (χ4v) is 1.90. The summed E-state index contributed by atoms with van der Waals surface area (Å²) in [5.74, 6) is 0. The van der Waals surface area contributed by atoms with Crippen LogP contribution in [0, 0.1) is 0 Å². The number of hydrogen-bond acceptors (Lipinski definition) is 3. The summed E-state index contributed by atoms with van der Waals surface area (Å²) in [6, 6.07) is 9.78. The van der Waals surface area contributed by atoms with Crippen molar-refractivity contribution >= 4 is 18.0 Å². The SMILES string of the molecule is O=C1OCCN1Sc1ccccc1. The molecule has 68 valence electrons. The quantitative estimate of drug-likeness (QED) is 0.677. The minimum absolute atomic E-state index is 0.242. The molecule has 0 radical (unpaired) electrons. The van der Waals surface area contributed by atoms with Crippen molar-refractivity contribution in [2.45, 2.75) is 4.90 Å². The normalized spacial score (nSPS) is 16.0. The number of benzene rings is 1. The highest BCUT2D eigenvalue weighted by atomic mass is 32.2. The Morgan fingerprint density at radius 1 is 1.31 bits per heavy atom. The van der Waals surface area contributed by atoms with Gasteiger partial charge in [-0.2, -0.15) is 0 Å². The minimum atomic E-state index is -0.242. The van der Waals surface area contributed by atoms with Crippen LogP contribution in [-0.4, -0.2) is 23.6 Å². The molecule has 0 aromatic heterocycles. The van der Waals surface area contributed by atoms with Gasteiger partial charge in [-0.15, -0.1) is 0 Å². The third-order valence-corrected chi connectivity index (χ3v) is 2.72. The zero-order valence-corrected chi connectivity index (χ0v) is 7.79. The smallest absolute Gasteiger partial charge is 0.420 e. The summed E-state index contributed by atoms with van der Waals surface area (Å²) in [5, 5.41) is 0. The van der Waals surface area contributed by atoms with Crippen LogP contribution in [0.5, 0.6) is 0 Å². The van der Waals surface area contributed by atoms with E-state index in [1.807, 2.05) is 30.3 Å². The second-order valence-corrected chi connectivity index (χ2v) is 3.72. The van der Waals surface area contributed by atoms with E-state index in [-0.39, 0.29) is 6.09 Å². The molecule has 3 nitrogen and oxygen atoms in total. The Hall–Kier alpha value is -1.16. The van der Waals surface area contributed by atoms with Gasteiger partial charge in [-0.3, -0.25) is 0 Å². The molecule has 0 N–H and O–H groups in total. The van der Waals surface area contributed by atoms with Gasteiger partial charge in [-0.05, 0) is 24.1 Å². The largest absolute Gasteiger partial charge is 0.447 e. The predicted molar refractivity (Wildman–Crippen MR) is 50.4 cm³/mol. The van der Waals surface area contributed by atoms with E-state index in [1.165, 1.54) is 11.9 Å². The van der Waals surface area contributed by atoms with Gasteiger partial charge in [-0.1, -0.05) is 18.2 Å². The standard InChI is InChI=1S/C9H9NO2S/c11-9-10(6-7-12-9)13-8-4-2-1-3-5-8/h1-5H,6-7H2. The molecule has 0 atom stereocenters. The molecular formula is C9H9NO2S. The average Bonchev–Trinajstić information content (AvgIpc) is 2.54. The molecule has 1 aliphatic rings. The maximum Gasteiger partial charge on any atom is 0.420 e. The Morgan fingerprint density at radius 2 is 2.08 bits per heavy atom. The summed E-state index contributed by atoms with van der Waals surface area (Å²) in [4.78, 5) is 12.1. The van der Waals surface area contributed by atoms with Crippen molar-refractivity contribution in [2.75, 3.05) is 13.2 Å². The lowest BCUT2D eigenvalue weighted by Gasteiger charge is -2.09. The van der Waals surface area contributed by atoms with Crippen molar-refractivity contribution in [3.8, 4) is 0 Å². The number of ether oxygens (including phenoxy) is 1. The Bertz CT molecular complexity index is 302. The first-order chi connectivity index (χ1) is 6.36. The highest BCUT2D eigenvalue weighted by Crippen LogP contribution is 2.24. The lowest BCUT2D eigenvalue weighted by atomic mass is 10.4. The maximum absolute atomic E-state index is 11.1. The molecule has 4 heteroatoms. The van der Waals surface area contributed by atoms with Crippen LogP contribution in [0.3, 0.4) is 0 Å². The molecule has 0 spiro atoms.